The predicted molar refractivity (Wildman–Crippen MR) is 127 cm³/mol. The first-order valence-electron chi connectivity index (χ1n) is 11.7. The van der Waals surface area contributed by atoms with Crippen molar-refractivity contribution >= 4 is 23.3 Å². The van der Waals surface area contributed by atoms with Crippen LogP contribution in [0.1, 0.15) is 39.7 Å². The highest BCUT2D eigenvalue weighted by Gasteiger charge is 2.49. The van der Waals surface area contributed by atoms with Gasteiger partial charge in [0.15, 0.2) is 23.8 Å². The van der Waals surface area contributed by atoms with E-state index >= 15 is 0 Å². The maximum Gasteiger partial charge on any atom is 0.509 e. The lowest BCUT2D eigenvalue weighted by Gasteiger charge is -2.51. The SMILES string of the molecule is O=C(OC(c1ccccc1)c1ccc(F)c(F)c1)OC1C[N+]2(CC(=O)c3cccs3)CCC1CC2. The van der Waals surface area contributed by atoms with Crippen molar-refractivity contribution in [1.29, 1.82) is 0 Å². The molecule has 0 N–H and O–H groups in total. The minimum atomic E-state index is -1.01. The van der Waals surface area contributed by atoms with E-state index < -0.39 is 23.9 Å². The summed E-state index contributed by atoms with van der Waals surface area (Å²) >= 11 is 1.44. The molecule has 182 valence electrons. The van der Waals surface area contributed by atoms with E-state index in [1.807, 2.05) is 23.6 Å². The summed E-state index contributed by atoms with van der Waals surface area (Å²) in [6.45, 7) is 2.73. The molecule has 3 fully saturated rings. The van der Waals surface area contributed by atoms with E-state index in [-0.39, 0.29) is 17.8 Å². The Hall–Kier alpha value is -3.10. The summed E-state index contributed by atoms with van der Waals surface area (Å²) in [5.74, 6) is -1.65. The third-order valence-electron chi connectivity index (χ3n) is 7.13. The lowest BCUT2D eigenvalue weighted by molar-refractivity contribution is -0.938. The molecule has 2 aromatic carbocycles. The van der Waals surface area contributed by atoms with Crippen LogP contribution >= 0.6 is 11.3 Å². The first-order chi connectivity index (χ1) is 16.9. The molecular weight excluding hydrogens is 472 g/mol. The second kappa shape index (κ2) is 9.87. The lowest BCUT2D eigenvalue weighted by Crippen LogP contribution is -2.65. The molecule has 0 amide bonds. The molecule has 2 atom stereocenters. The molecule has 6 rings (SSSR count). The quantitative estimate of drug-likeness (QED) is 0.236. The van der Waals surface area contributed by atoms with E-state index in [4.69, 9.17) is 9.47 Å². The van der Waals surface area contributed by atoms with E-state index in [1.165, 1.54) is 17.4 Å². The first-order valence-corrected chi connectivity index (χ1v) is 12.6. The molecule has 0 saturated carbocycles. The summed E-state index contributed by atoms with van der Waals surface area (Å²) in [4.78, 5) is 26.5. The van der Waals surface area contributed by atoms with Crippen LogP contribution in [0.5, 0.6) is 0 Å². The molecule has 0 aliphatic carbocycles. The van der Waals surface area contributed by atoms with Crippen LogP contribution in [0.15, 0.2) is 66.0 Å². The Kier molecular flexibility index (Phi) is 6.67. The fourth-order valence-electron chi connectivity index (χ4n) is 5.28. The summed E-state index contributed by atoms with van der Waals surface area (Å²) in [6.07, 6.45) is -0.405. The largest absolute Gasteiger partial charge is 0.509 e. The first kappa shape index (κ1) is 23.6. The van der Waals surface area contributed by atoms with Crippen LogP contribution in [0, 0.1) is 17.6 Å². The second-order valence-electron chi connectivity index (χ2n) is 9.36. The van der Waals surface area contributed by atoms with Crippen molar-refractivity contribution in [1.82, 2.24) is 0 Å². The Morgan fingerprint density at radius 1 is 0.971 bits per heavy atom. The molecule has 2 bridgehead atoms. The number of Topliss-reactive ketones (excluding diaryl/α,β-unsaturated/α-hetero) is 1. The standard InChI is InChI=1S/C27H26F2NO4S/c28-21-9-8-20(15-22(21)29)26(19-5-2-1-3-6-19)34-27(32)33-24-17-30(12-10-18(24)11-13-30)16-23(31)25-7-4-14-35-25/h1-9,14-15,18,24,26H,10-13,16-17H2/q+1. The minimum Gasteiger partial charge on any atom is -0.425 e. The van der Waals surface area contributed by atoms with Crippen molar-refractivity contribution in [3.8, 4) is 0 Å². The number of rotatable bonds is 7. The van der Waals surface area contributed by atoms with Gasteiger partial charge >= 0.3 is 6.16 Å². The molecule has 3 aromatic rings. The highest BCUT2D eigenvalue weighted by molar-refractivity contribution is 7.12. The van der Waals surface area contributed by atoms with Crippen molar-refractivity contribution in [3.05, 3.63) is 93.7 Å². The number of halogens is 2. The average Bonchev–Trinajstić information content (AvgIpc) is 3.41. The fourth-order valence-corrected chi connectivity index (χ4v) is 5.93. The van der Waals surface area contributed by atoms with E-state index in [2.05, 4.69) is 0 Å². The average molecular weight is 499 g/mol. The third-order valence-corrected chi connectivity index (χ3v) is 8.04. The second-order valence-corrected chi connectivity index (χ2v) is 10.3. The molecule has 8 heteroatoms. The van der Waals surface area contributed by atoms with Crippen LogP contribution in [-0.4, -0.2) is 48.7 Å². The van der Waals surface area contributed by atoms with Gasteiger partial charge in [0, 0.05) is 24.3 Å². The van der Waals surface area contributed by atoms with Crippen molar-refractivity contribution in [2.75, 3.05) is 26.2 Å². The molecule has 3 aliphatic rings. The topological polar surface area (TPSA) is 52.6 Å². The zero-order chi connectivity index (χ0) is 24.4. The predicted octanol–water partition coefficient (Wildman–Crippen LogP) is 5.76. The number of carbonyl (C=O) groups excluding carboxylic acids is 2. The van der Waals surface area contributed by atoms with Gasteiger partial charge in [-0.25, -0.2) is 13.6 Å². The Morgan fingerprint density at radius 2 is 1.74 bits per heavy atom. The van der Waals surface area contributed by atoms with Gasteiger partial charge in [-0.05, 0) is 29.1 Å². The fraction of sp³-hybridized carbons (Fsp3) is 0.333. The number of ketones is 1. The number of carbonyl (C=O) groups is 2. The van der Waals surface area contributed by atoms with Gasteiger partial charge in [0.2, 0.25) is 5.78 Å². The van der Waals surface area contributed by atoms with Gasteiger partial charge in [0.1, 0.15) is 13.1 Å². The zero-order valence-electron chi connectivity index (χ0n) is 19.1. The zero-order valence-corrected chi connectivity index (χ0v) is 19.9. The number of fused-ring (bicyclic) bond motifs is 3. The van der Waals surface area contributed by atoms with Crippen LogP contribution in [0.2, 0.25) is 0 Å². The van der Waals surface area contributed by atoms with E-state index in [1.54, 1.807) is 24.3 Å². The molecule has 2 unspecified atom stereocenters. The van der Waals surface area contributed by atoms with Crippen LogP contribution in [0.3, 0.4) is 0 Å². The summed E-state index contributed by atoms with van der Waals surface area (Å²) in [7, 11) is 0. The lowest BCUT2D eigenvalue weighted by atomic mass is 9.83. The summed E-state index contributed by atoms with van der Waals surface area (Å²) in [5.41, 5.74) is 0.931. The number of ether oxygens (including phenoxy) is 2. The van der Waals surface area contributed by atoms with Crippen LogP contribution < -0.4 is 0 Å². The van der Waals surface area contributed by atoms with E-state index in [0.717, 1.165) is 42.9 Å². The number of hydrogen-bond acceptors (Lipinski definition) is 5. The number of thiophene rings is 1. The molecule has 5 nitrogen and oxygen atoms in total. The van der Waals surface area contributed by atoms with Gasteiger partial charge < -0.3 is 14.0 Å². The Labute approximate surface area is 206 Å². The summed E-state index contributed by atoms with van der Waals surface area (Å²) in [6, 6.07) is 16.0. The van der Waals surface area contributed by atoms with Gasteiger partial charge in [-0.2, -0.15) is 0 Å². The minimum absolute atomic E-state index is 0.115. The number of piperidine rings is 3. The van der Waals surface area contributed by atoms with Gasteiger partial charge in [-0.3, -0.25) is 4.79 Å². The highest BCUT2D eigenvalue weighted by Crippen LogP contribution is 2.37. The molecular formula is C27H26F2NO4S+. The number of hydrogen-bond donors (Lipinski definition) is 0. The van der Waals surface area contributed by atoms with Crippen LogP contribution in [0.25, 0.3) is 0 Å². The van der Waals surface area contributed by atoms with Crippen LogP contribution in [-0.2, 0) is 9.47 Å². The van der Waals surface area contributed by atoms with Gasteiger partial charge in [0.25, 0.3) is 0 Å². The van der Waals surface area contributed by atoms with Crippen molar-refractivity contribution < 1.29 is 32.3 Å². The Bertz CT molecular complexity index is 1190. The van der Waals surface area contributed by atoms with Crippen molar-refractivity contribution in [3.63, 3.8) is 0 Å². The molecule has 35 heavy (non-hydrogen) atoms. The number of quaternary nitrogens is 1. The Balaban J connectivity index is 1.30. The number of nitrogens with zero attached hydrogens (tertiary/aromatic N) is 1. The normalized spacial score (nSPS) is 24.1. The number of benzene rings is 2. The smallest absolute Gasteiger partial charge is 0.425 e. The molecule has 0 spiro atoms. The van der Waals surface area contributed by atoms with E-state index in [9.17, 15) is 18.4 Å². The monoisotopic (exact) mass is 498 g/mol. The molecule has 1 aromatic heterocycles. The Morgan fingerprint density at radius 3 is 2.43 bits per heavy atom. The summed E-state index contributed by atoms with van der Waals surface area (Å²) in [5, 5.41) is 1.90. The molecule has 3 saturated heterocycles. The highest BCUT2D eigenvalue weighted by atomic mass is 32.1. The van der Waals surface area contributed by atoms with Gasteiger partial charge in [-0.1, -0.05) is 42.5 Å². The third kappa shape index (κ3) is 5.13. The van der Waals surface area contributed by atoms with Gasteiger partial charge in [-0.15, -0.1) is 11.3 Å². The molecule has 4 heterocycles. The van der Waals surface area contributed by atoms with Gasteiger partial charge in [0.05, 0.1) is 18.0 Å². The molecule has 3 aliphatic heterocycles. The van der Waals surface area contributed by atoms with Crippen molar-refractivity contribution in [2.24, 2.45) is 5.92 Å². The summed E-state index contributed by atoms with van der Waals surface area (Å²) < 4.78 is 39.5. The van der Waals surface area contributed by atoms with Crippen molar-refractivity contribution in [2.45, 2.75) is 25.0 Å². The van der Waals surface area contributed by atoms with E-state index in [0.29, 0.717) is 28.7 Å². The molecule has 0 radical (unpaired) electrons. The maximum absolute atomic E-state index is 13.9. The van der Waals surface area contributed by atoms with Crippen LogP contribution in [0.4, 0.5) is 13.6 Å². The maximum atomic E-state index is 13.9.